The molecule has 1 aromatic heterocycles. The first-order chi connectivity index (χ1) is 11.0. The fourth-order valence-corrected chi connectivity index (χ4v) is 3.10. The van der Waals surface area contributed by atoms with E-state index < -0.39 is 0 Å². The Kier molecular flexibility index (Phi) is 4.03. The average molecular weight is 311 g/mol. The molecule has 0 saturated carbocycles. The smallest absolute Gasteiger partial charge is 0.252 e. The SMILES string of the molecule is CCN1C[C@@H](NC(=O)c2cc(C)nc3ccc(C)cc23)CC1=O. The molecule has 1 saturated heterocycles. The number of nitrogens with one attached hydrogen (secondary N) is 1. The summed E-state index contributed by atoms with van der Waals surface area (Å²) in [6.45, 7) is 7.10. The fraction of sp³-hybridized carbons (Fsp3) is 0.389. The minimum absolute atomic E-state index is 0.101. The van der Waals surface area contributed by atoms with Crippen LogP contribution < -0.4 is 5.32 Å². The van der Waals surface area contributed by atoms with E-state index in [2.05, 4.69) is 10.3 Å². The van der Waals surface area contributed by atoms with Gasteiger partial charge in [-0.25, -0.2) is 0 Å². The van der Waals surface area contributed by atoms with Gasteiger partial charge >= 0.3 is 0 Å². The highest BCUT2D eigenvalue weighted by Gasteiger charge is 2.29. The molecule has 1 aromatic carbocycles. The number of pyridine rings is 1. The molecule has 0 unspecified atom stereocenters. The quantitative estimate of drug-likeness (QED) is 0.945. The number of hydrogen-bond acceptors (Lipinski definition) is 3. The predicted octanol–water partition coefficient (Wildman–Crippen LogP) is 2.20. The maximum absolute atomic E-state index is 12.7. The van der Waals surface area contributed by atoms with Gasteiger partial charge in [0.1, 0.15) is 0 Å². The number of benzene rings is 1. The van der Waals surface area contributed by atoms with E-state index in [0.29, 0.717) is 25.1 Å². The number of fused-ring (bicyclic) bond motifs is 1. The number of carbonyl (C=O) groups is 2. The van der Waals surface area contributed by atoms with E-state index in [1.54, 1.807) is 4.90 Å². The summed E-state index contributed by atoms with van der Waals surface area (Å²) in [5, 5.41) is 3.85. The Morgan fingerprint density at radius 1 is 1.35 bits per heavy atom. The molecule has 1 aliphatic rings. The minimum atomic E-state index is -0.137. The summed E-state index contributed by atoms with van der Waals surface area (Å²) < 4.78 is 0. The number of hydrogen-bond donors (Lipinski definition) is 1. The van der Waals surface area contributed by atoms with Crippen molar-refractivity contribution in [3.63, 3.8) is 0 Å². The summed E-state index contributed by atoms with van der Waals surface area (Å²) in [6.07, 6.45) is 0.376. The first-order valence-corrected chi connectivity index (χ1v) is 7.94. The molecule has 0 spiro atoms. The van der Waals surface area contributed by atoms with Crippen LogP contribution in [0.4, 0.5) is 0 Å². The summed E-state index contributed by atoms with van der Waals surface area (Å²) in [5.41, 5.74) is 3.34. The summed E-state index contributed by atoms with van der Waals surface area (Å²) in [6, 6.07) is 7.60. The van der Waals surface area contributed by atoms with Crippen molar-refractivity contribution in [2.24, 2.45) is 0 Å². The lowest BCUT2D eigenvalue weighted by Crippen LogP contribution is -2.37. The molecule has 5 nitrogen and oxygen atoms in total. The number of nitrogens with zero attached hydrogens (tertiary/aromatic N) is 2. The first-order valence-electron chi connectivity index (χ1n) is 7.94. The van der Waals surface area contributed by atoms with Gasteiger partial charge in [-0.05, 0) is 39.0 Å². The van der Waals surface area contributed by atoms with E-state index in [4.69, 9.17) is 0 Å². The van der Waals surface area contributed by atoms with Gasteiger partial charge < -0.3 is 10.2 Å². The number of aromatic nitrogens is 1. The molecule has 23 heavy (non-hydrogen) atoms. The normalized spacial score (nSPS) is 17.8. The van der Waals surface area contributed by atoms with E-state index in [1.165, 1.54) is 0 Å². The third-order valence-electron chi connectivity index (χ3n) is 4.27. The topological polar surface area (TPSA) is 62.3 Å². The summed E-state index contributed by atoms with van der Waals surface area (Å²) in [5.74, 6) is -0.0359. The Morgan fingerprint density at radius 2 is 2.13 bits per heavy atom. The van der Waals surface area contributed by atoms with Crippen molar-refractivity contribution in [3.8, 4) is 0 Å². The largest absolute Gasteiger partial charge is 0.347 e. The molecule has 0 aliphatic carbocycles. The molecule has 3 rings (SSSR count). The van der Waals surface area contributed by atoms with Crippen LogP contribution in [0.25, 0.3) is 10.9 Å². The molecular formula is C18H21N3O2. The number of rotatable bonds is 3. The Balaban J connectivity index is 1.89. The lowest BCUT2D eigenvalue weighted by atomic mass is 10.0. The molecule has 1 atom stereocenters. The Bertz CT molecular complexity index is 785. The van der Waals surface area contributed by atoms with Crippen LogP contribution in [-0.2, 0) is 4.79 Å². The maximum atomic E-state index is 12.7. The molecule has 2 amide bonds. The fourth-order valence-electron chi connectivity index (χ4n) is 3.10. The van der Waals surface area contributed by atoms with Crippen molar-refractivity contribution < 1.29 is 9.59 Å². The molecule has 2 heterocycles. The zero-order valence-corrected chi connectivity index (χ0v) is 13.7. The highest BCUT2D eigenvalue weighted by Crippen LogP contribution is 2.21. The van der Waals surface area contributed by atoms with Gasteiger partial charge in [0.25, 0.3) is 5.91 Å². The first kappa shape index (κ1) is 15.5. The zero-order chi connectivity index (χ0) is 16.6. The number of likely N-dealkylation sites (tertiary alicyclic amines) is 1. The summed E-state index contributed by atoms with van der Waals surface area (Å²) >= 11 is 0. The van der Waals surface area contributed by atoms with Crippen LogP contribution in [0.5, 0.6) is 0 Å². The third kappa shape index (κ3) is 3.04. The molecule has 1 aliphatic heterocycles. The summed E-state index contributed by atoms with van der Waals surface area (Å²) in [4.78, 5) is 30.8. The van der Waals surface area contributed by atoms with Gasteiger partial charge in [-0.2, -0.15) is 0 Å². The van der Waals surface area contributed by atoms with Crippen LogP contribution in [0, 0.1) is 13.8 Å². The molecule has 120 valence electrons. The van der Waals surface area contributed by atoms with Crippen molar-refractivity contribution in [2.75, 3.05) is 13.1 Å². The van der Waals surface area contributed by atoms with Crippen molar-refractivity contribution in [1.82, 2.24) is 15.2 Å². The van der Waals surface area contributed by atoms with E-state index in [0.717, 1.165) is 22.2 Å². The Labute approximate surface area is 135 Å². The van der Waals surface area contributed by atoms with Gasteiger partial charge in [-0.15, -0.1) is 0 Å². The van der Waals surface area contributed by atoms with Gasteiger partial charge in [0.15, 0.2) is 0 Å². The van der Waals surface area contributed by atoms with E-state index in [9.17, 15) is 9.59 Å². The molecule has 1 fully saturated rings. The lowest BCUT2D eigenvalue weighted by molar-refractivity contribution is -0.127. The van der Waals surface area contributed by atoms with Crippen LogP contribution in [-0.4, -0.2) is 40.8 Å². The van der Waals surface area contributed by atoms with Gasteiger partial charge in [-0.1, -0.05) is 11.6 Å². The molecule has 0 radical (unpaired) electrons. The van der Waals surface area contributed by atoms with Crippen LogP contribution in [0.1, 0.15) is 35.0 Å². The number of carbonyl (C=O) groups excluding carboxylic acids is 2. The third-order valence-corrected chi connectivity index (χ3v) is 4.27. The van der Waals surface area contributed by atoms with Gasteiger partial charge in [0.2, 0.25) is 5.91 Å². The Hall–Kier alpha value is -2.43. The molecule has 5 heteroatoms. The number of amides is 2. The number of likely N-dealkylation sites (N-methyl/N-ethyl adjacent to an activating group) is 1. The average Bonchev–Trinajstić information content (AvgIpc) is 2.86. The van der Waals surface area contributed by atoms with Crippen molar-refractivity contribution in [2.45, 2.75) is 33.2 Å². The molecule has 2 aromatic rings. The second-order valence-electron chi connectivity index (χ2n) is 6.14. The predicted molar refractivity (Wildman–Crippen MR) is 89.3 cm³/mol. The molecule has 0 bridgehead atoms. The molecule has 1 N–H and O–H groups in total. The van der Waals surface area contributed by atoms with Crippen LogP contribution >= 0.6 is 0 Å². The number of aryl methyl sites for hydroxylation is 2. The van der Waals surface area contributed by atoms with Crippen LogP contribution in [0.2, 0.25) is 0 Å². The maximum Gasteiger partial charge on any atom is 0.252 e. The van der Waals surface area contributed by atoms with Gasteiger partial charge in [0, 0.05) is 30.6 Å². The van der Waals surface area contributed by atoms with Crippen LogP contribution in [0.15, 0.2) is 24.3 Å². The highest BCUT2D eigenvalue weighted by atomic mass is 16.2. The second kappa shape index (κ2) is 5.99. The monoisotopic (exact) mass is 311 g/mol. The highest BCUT2D eigenvalue weighted by molar-refractivity contribution is 6.06. The van der Waals surface area contributed by atoms with Crippen molar-refractivity contribution >= 4 is 22.7 Å². The van der Waals surface area contributed by atoms with E-state index in [1.807, 2.05) is 45.0 Å². The summed E-state index contributed by atoms with van der Waals surface area (Å²) in [7, 11) is 0. The second-order valence-corrected chi connectivity index (χ2v) is 6.14. The van der Waals surface area contributed by atoms with E-state index in [-0.39, 0.29) is 17.9 Å². The zero-order valence-electron chi connectivity index (χ0n) is 13.7. The van der Waals surface area contributed by atoms with E-state index >= 15 is 0 Å². The van der Waals surface area contributed by atoms with Crippen molar-refractivity contribution in [1.29, 1.82) is 0 Å². The van der Waals surface area contributed by atoms with Gasteiger partial charge in [0.05, 0.1) is 17.1 Å². The Morgan fingerprint density at radius 3 is 2.83 bits per heavy atom. The molecular weight excluding hydrogens is 290 g/mol. The van der Waals surface area contributed by atoms with Gasteiger partial charge in [-0.3, -0.25) is 14.6 Å². The van der Waals surface area contributed by atoms with Crippen LogP contribution in [0.3, 0.4) is 0 Å². The standard InChI is InChI=1S/C18H21N3O2/c1-4-21-10-13(9-17(21)22)20-18(23)15-8-12(3)19-16-6-5-11(2)7-14(15)16/h5-8,13H,4,9-10H2,1-3H3,(H,20,23)/t13-/m0/s1. The lowest BCUT2D eigenvalue weighted by Gasteiger charge is -2.15. The van der Waals surface area contributed by atoms with Crippen molar-refractivity contribution in [3.05, 3.63) is 41.1 Å². The minimum Gasteiger partial charge on any atom is -0.347 e.